The Morgan fingerprint density at radius 2 is 2.45 bits per heavy atom. The van der Waals surface area contributed by atoms with E-state index in [4.69, 9.17) is 5.26 Å². The number of nitrogens with zero attached hydrogens (tertiary/aromatic N) is 2. The minimum atomic E-state index is 0.117. The molecule has 58 valence electrons. The van der Waals surface area contributed by atoms with Crippen molar-refractivity contribution in [2.45, 2.75) is 19.8 Å². The van der Waals surface area contributed by atoms with Gasteiger partial charge in [-0.25, -0.2) is 0 Å². The molecular weight excluding hydrogens is 140 g/mol. The quantitative estimate of drug-likeness (QED) is 0.560. The lowest BCUT2D eigenvalue weighted by atomic mass is 10.1. The van der Waals surface area contributed by atoms with E-state index in [0.29, 0.717) is 25.0 Å². The number of carbonyl (C=O) groups is 1. The van der Waals surface area contributed by atoms with Gasteiger partial charge < -0.3 is 4.90 Å². The van der Waals surface area contributed by atoms with Gasteiger partial charge in [-0.05, 0) is 13.3 Å². The second-order valence-corrected chi connectivity index (χ2v) is 2.45. The molecule has 11 heavy (non-hydrogen) atoms. The molecular formula is C8H10N2O. The molecule has 3 heteroatoms. The molecule has 0 spiro atoms. The summed E-state index contributed by atoms with van der Waals surface area (Å²) in [4.78, 5) is 12.6. The lowest BCUT2D eigenvalue weighted by molar-refractivity contribution is -0.129. The lowest BCUT2D eigenvalue weighted by Gasteiger charge is -2.20. The largest absolute Gasteiger partial charge is 0.318 e. The highest BCUT2D eigenvalue weighted by molar-refractivity contribution is 5.79. The molecule has 0 N–H and O–H groups in total. The van der Waals surface area contributed by atoms with Crippen LogP contribution in [-0.4, -0.2) is 17.4 Å². The van der Waals surface area contributed by atoms with Gasteiger partial charge in [0.2, 0.25) is 5.91 Å². The molecule has 0 aromatic rings. The van der Waals surface area contributed by atoms with Gasteiger partial charge in [0.05, 0.1) is 6.07 Å². The van der Waals surface area contributed by atoms with Gasteiger partial charge in [0, 0.05) is 24.7 Å². The molecule has 0 aliphatic carbocycles. The summed E-state index contributed by atoms with van der Waals surface area (Å²) in [6, 6.07) is 2.06. The van der Waals surface area contributed by atoms with Crippen LogP contribution in [0.25, 0.3) is 0 Å². The number of amides is 1. The maximum absolute atomic E-state index is 11.1. The second-order valence-electron chi connectivity index (χ2n) is 2.45. The molecule has 1 aliphatic rings. The van der Waals surface area contributed by atoms with Gasteiger partial charge in [-0.3, -0.25) is 4.79 Å². The first-order valence-corrected chi connectivity index (χ1v) is 3.68. The van der Waals surface area contributed by atoms with Crippen molar-refractivity contribution in [1.29, 1.82) is 5.26 Å². The molecule has 1 heterocycles. The van der Waals surface area contributed by atoms with Crippen LogP contribution in [0.15, 0.2) is 11.8 Å². The Morgan fingerprint density at radius 1 is 1.73 bits per heavy atom. The van der Waals surface area contributed by atoms with Gasteiger partial charge in [0.1, 0.15) is 0 Å². The summed E-state index contributed by atoms with van der Waals surface area (Å²) in [7, 11) is 0. The highest BCUT2D eigenvalue weighted by Gasteiger charge is 2.16. The zero-order chi connectivity index (χ0) is 8.27. The van der Waals surface area contributed by atoms with E-state index in [1.807, 2.05) is 6.92 Å². The summed E-state index contributed by atoms with van der Waals surface area (Å²) in [6.07, 6.45) is 2.73. The first-order valence-electron chi connectivity index (χ1n) is 3.68. The summed E-state index contributed by atoms with van der Waals surface area (Å²) in [5, 5.41) is 8.53. The van der Waals surface area contributed by atoms with E-state index in [2.05, 4.69) is 6.07 Å². The minimum absolute atomic E-state index is 0.117. The zero-order valence-corrected chi connectivity index (χ0v) is 6.50. The normalized spacial score (nSPS) is 17.6. The third-order valence-electron chi connectivity index (χ3n) is 1.72. The standard InChI is InChI=1S/C8H10N2O/c1-2-10-6-7(5-9)3-4-8(10)11/h6H,2-4H2,1H3. The average molecular weight is 150 g/mol. The van der Waals surface area contributed by atoms with Crippen LogP contribution in [0.5, 0.6) is 0 Å². The van der Waals surface area contributed by atoms with E-state index >= 15 is 0 Å². The lowest BCUT2D eigenvalue weighted by Crippen LogP contribution is -2.28. The maximum atomic E-state index is 11.1. The molecule has 0 fully saturated rings. The first kappa shape index (κ1) is 7.80. The van der Waals surface area contributed by atoms with E-state index in [0.717, 1.165) is 0 Å². The summed E-state index contributed by atoms with van der Waals surface area (Å²) < 4.78 is 0. The van der Waals surface area contributed by atoms with Crippen LogP contribution in [0.2, 0.25) is 0 Å². The number of carbonyl (C=O) groups excluding carboxylic acids is 1. The van der Waals surface area contributed by atoms with Crippen molar-refractivity contribution in [3.8, 4) is 6.07 Å². The summed E-state index contributed by atoms with van der Waals surface area (Å²) in [5.41, 5.74) is 0.700. The molecule has 0 aromatic heterocycles. The molecule has 0 atom stereocenters. The van der Waals surface area contributed by atoms with Crippen LogP contribution in [0.3, 0.4) is 0 Å². The van der Waals surface area contributed by atoms with Crippen LogP contribution in [-0.2, 0) is 4.79 Å². The van der Waals surface area contributed by atoms with Crippen molar-refractivity contribution >= 4 is 5.91 Å². The SMILES string of the molecule is CCN1C=C(C#N)CCC1=O. The molecule has 1 aliphatic heterocycles. The predicted molar refractivity (Wildman–Crippen MR) is 40.3 cm³/mol. The van der Waals surface area contributed by atoms with E-state index in [1.54, 1.807) is 11.1 Å². The summed E-state index contributed by atoms with van der Waals surface area (Å²) in [6.45, 7) is 2.55. The Morgan fingerprint density at radius 3 is 3.00 bits per heavy atom. The molecule has 0 bridgehead atoms. The summed E-state index contributed by atoms with van der Waals surface area (Å²) in [5.74, 6) is 0.117. The fraction of sp³-hybridized carbons (Fsp3) is 0.500. The number of rotatable bonds is 1. The third-order valence-corrected chi connectivity index (χ3v) is 1.72. The number of hydrogen-bond acceptors (Lipinski definition) is 2. The Bertz CT molecular complexity index is 237. The van der Waals surface area contributed by atoms with Crippen LogP contribution in [0.4, 0.5) is 0 Å². The van der Waals surface area contributed by atoms with Gasteiger partial charge in [0.25, 0.3) is 0 Å². The predicted octanol–water partition coefficient (Wildman–Crippen LogP) is 1.04. The molecule has 0 unspecified atom stereocenters. The molecule has 0 radical (unpaired) electrons. The Hall–Kier alpha value is -1.30. The fourth-order valence-electron chi connectivity index (χ4n) is 1.06. The molecule has 1 rings (SSSR count). The first-order chi connectivity index (χ1) is 5.27. The van der Waals surface area contributed by atoms with Crippen molar-refractivity contribution in [2.75, 3.05) is 6.54 Å². The van der Waals surface area contributed by atoms with Gasteiger partial charge in [-0.15, -0.1) is 0 Å². The average Bonchev–Trinajstić information content (AvgIpc) is 2.05. The van der Waals surface area contributed by atoms with Crippen molar-refractivity contribution in [2.24, 2.45) is 0 Å². The smallest absolute Gasteiger partial charge is 0.226 e. The van der Waals surface area contributed by atoms with E-state index < -0.39 is 0 Å². The van der Waals surface area contributed by atoms with Gasteiger partial charge >= 0.3 is 0 Å². The van der Waals surface area contributed by atoms with Gasteiger partial charge in [-0.2, -0.15) is 5.26 Å². The topological polar surface area (TPSA) is 44.1 Å². The third kappa shape index (κ3) is 1.58. The van der Waals surface area contributed by atoms with E-state index in [-0.39, 0.29) is 5.91 Å². The van der Waals surface area contributed by atoms with Crippen molar-refractivity contribution in [3.63, 3.8) is 0 Å². The van der Waals surface area contributed by atoms with Crippen molar-refractivity contribution in [1.82, 2.24) is 4.90 Å². The number of allylic oxidation sites excluding steroid dienone is 1. The van der Waals surface area contributed by atoms with Crippen molar-refractivity contribution in [3.05, 3.63) is 11.8 Å². The van der Waals surface area contributed by atoms with Crippen LogP contribution in [0.1, 0.15) is 19.8 Å². The second kappa shape index (κ2) is 3.20. The van der Waals surface area contributed by atoms with Gasteiger partial charge in [-0.1, -0.05) is 0 Å². The minimum Gasteiger partial charge on any atom is -0.318 e. The van der Waals surface area contributed by atoms with Crippen LogP contribution >= 0.6 is 0 Å². The van der Waals surface area contributed by atoms with Crippen LogP contribution in [0, 0.1) is 11.3 Å². The number of nitriles is 1. The maximum Gasteiger partial charge on any atom is 0.226 e. The zero-order valence-electron chi connectivity index (χ0n) is 6.50. The Balaban J connectivity index is 2.77. The summed E-state index contributed by atoms with van der Waals surface area (Å²) >= 11 is 0. The van der Waals surface area contributed by atoms with Gasteiger partial charge in [0.15, 0.2) is 0 Å². The highest BCUT2D eigenvalue weighted by atomic mass is 16.2. The fourth-order valence-corrected chi connectivity index (χ4v) is 1.06. The van der Waals surface area contributed by atoms with Crippen LogP contribution < -0.4 is 0 Å². The monoisotopic (exact) mass is 150 g/mol. The molecule has 0 saturated heterocycles. The van der Waals surface area contributed by atoms with E-state index in [1.165, 1.54) is 0 Å². The highest BCUT2D eigenvalue weighted by Crippen LogP contribution is 2.14. The van der Waals surface area contributed by atoms with E-state index in [9.17, 15) is 4.79 Å². The number of hydrogen-bond donors (Lipinski definition) is 0. The van der Waals surface area contributed by atoms with Crippen molar-refractivity contribution < 1.29 is 4.79 Å². The molecule has 3 nitrogen and oxygen atoms in total. The molecule has 0 aromatic carbocycles. The molecule has 0 saturated carbocycles. The Kier molecular flexibility index (Phi) is 2.27. The molecule has 1 amide bonds. The Labute approximate surface area is 65.9 Å².